The zero-order valence-electron chi connectivity index (χ0n) is 14.8. The fourth-order valence-electron chi connectivity index (χ4n) is 3.00. The monoisotopic (exact) mass is 409 g/mol. The van der Waals surface area contributed by atoms with Gasteiger partial charge in [0.2, 0.25) is 5.76 Å². The second-order valence-electron chi connectivity index (χ2n) is 6.38. The van der Waals surface area contributed by atoms with Crippen molar-refractivity contribution in [1.82, 2.24) is 9.88 Å². The van der Waals surface area contributed by atoms with E-state index in [1.54, 1.807) is 23.1 Å². The quantitative estimate of drug-likeness (QED) is 0.753. The van der Waals surface area contributed by atoms with E-state index in [0.29, 0.717) is 44.3 Å². The molecule has 0 N–H and O–H groups in total. The minimum absolute atomic E-state index is 0.156. The van der Waals surface area contributed by atoms with Crippen LogP contribution in [-0.2, 0) is 24.1 Å². The Balaban J connectivity index is 1.46. The van der Waals surface area contributed by atoms with E-state index in [1.807, 2.05) is 0 Å². The Kier molecular flexibility index (Phi) is 4.68. The number of anilines is 1. The number of rotatable bonds is 3. The van der Waals surface area contributed by atoms with Gasteiger partial charge in [-0.2, -0.15) is 0 Å². The van der Waals surface area contributed by atoms with Crippen molar-refractivity contribution in [3.63, 3.8) is 0 Å². The molecule has 2 aliphatic heterocycles. The molecule has 1 fully saturated rings. The Morgan fingerprint density at radius 3 is 2.63 bits per heavy atom. The highest BCUT2D eigenvalue weighted by Gasteiger charge is 2.27. The molecule has 0 unspecified atom stereocenters. The highest BCUT2D eigenvalue weighted by Crippen LogP contribution is 2.31. The van der Waals surface area contributed by atoms with Gasteiger partial charge in [0, 0.05) is 32.4 Å². The first kappa shape index (κ1) is 18.1. The number of carbonyl (C=O) groups is 1. The van der Waals surface area contributed by atoms with Crippen LogP contribution in [0, 0.1) is 0 Å². The van der Waals surface area contributed by atoms with Crippen LogP contribution in [0.4, 0.5) is 5.13 Å². The van der Waals surface area contributed by atoms with Gasteiger partial charge in [-0.1, -0.05) is 11.3 Å². The van der Waals surface area contributed by atoms with Crippen molar-refractivity contribution in [3.05, 3.63) is 30.2 Å². The van der Waals surface area contributed by atoms with E-state index in [0.717, 1.165) is 15.3 Å². The summed E-state index contributed by atoms with van der Waals surface area (Å²) < 4.78 is 34.8. The van der Waals surface area contributed by atoms with Crippen molar-refractivity contribution >= 4 is 42.4 Å². The maximum Gasteiger partial charge on any atom is 0.292 e. The lowest BCUT2D eigenvalue weighted by molar-refractivity contribution is -0.132. The van der Waals surface area contributed by atoms with E-state index in [-0.39, 0.29) is 11.7 Å². The molecule has 27 heavy (non-hydrogen) atoms. The normalized spacial score (nSPS) is 18.0. The molecule has 1 aromatic heterocycles. The first-order valence-electron chi connectivity index (χ1n) is 8.51. The Morgan fingerprint density at radius 2 is 1.96 bits per heavy atom. The molecule has 2 aliphatic rings. The minimum Gasteiger partial charge on any atom is -0.494 e. The third-order valence-electron chi connectivity index (χ3n) is 4.47. The summed E-state index contributed by atoms with van der Waals surface area (Å²) >= 11 is 1.46. The van der Waals surface area contributed by atoms with Crippen LogP contribution < -0.4 is 4.90 Å². The fourth-order valence-corrected chi connectivity index (χ4v) is 4.77. The topological polar surface area (TPSA) is 89.0 Å². The Morgan fingerprint density at radius 1 is 1.19 bits per heavy atom. The molecule has 1 amide bonds. The summed E-state index contributed by atoms with van der Waals surface area (Å²) in [5, 5.41) is 0.833. The van der Waals surface area contributed by atoms with Gasteiger partial charge >= 0.3 is 0 Å². The number of fused-ring (bicyclic) bond motifs is 1. The van der Waals surface area contributed by atoms with E-state index in [9.17, 15) is 13.2 Å². The van der Waals surface area contributed by atoms with Gasteiger partial charge in [0.15, 0.2) is 15.0 Å². The summed E-state index contributed by atoms with van der Waals surface area (Å²) in [7, 11) is -3.24. The Labute approximate surface area is 160 Å². The van der Waals surface area contributed by atoms with Gasteiger partial charge in [-0.15, -0.1) is 0 Å². The first-order chi connectivity index (χ1) is 12.9. The largest absolute Gasteiger partial charge is 0.494 e. The molecule has 2 aromatic rings. The fraction of sp³-hybridized carbons (Fsp3) is 0.412. The molecule has 4 rings (SSSR count). The maximum absolute atomic E-state index is 12.4. The summed E-state index contributed by atoms with van der Waals surface area (Å²) in [6.07, 6.45) is 2.58. The average molecular weight is 409 g/mol. The lowest BCUT2D eigenvalue weighted by atomic mass is 10.3. The van der Waals surface area contributed by atoms with Crippen molar-refractivity contribution in [2.24, 2.45) is 0 Å². The van der Waals surface area contributed by atoms with E-state index in [1.165, 1.54) is 23.9 Å². The second kappa shape index (κ2) is 7.01. The smallest absolute Gasteiger partial charge is 0.292 e. The molecule has 0 spiro atoms. The predicted octanol–water partition coefficient (Wildman–Crippen LogP) is 1.24. The highest BCUT2D eigenvalue weighted by molar-refractivity contribution is 7.90. The standard InChI is InChI=1S/C17H19N3O5S2/c1-27(22,23)12-2-3-13-15(10-12)26-17(18-13)20-6-4-19(5-7-20)16(21)14-11-24-8-9-25-14/h2-3,10-11H,4-9H2,1H3. The van der Waals surface area contributed by atoms with Crippen LogP contribution in [0.25, 0.3) is 10.2 Å². The molecule has 8 nitrogen and oxygen atoms in total. The molecule has 1 saturated heterocycles. The Bertz CT molecular complexity index is 1010. The molecule has 1 aromatic carbocycles. The lowest BCUT2D eigenvalue weighted by Crippen LogP contribution is -2.49. The third-order valence-corrected chi connectivity index (χ3v) is 6.66. The lowest BCUT2D eigenvalue weighted by Gasteiger charge is -2.35. The van der Waals surface area contributed by atoms with Crippen molar-refractivity contribution in [2.75, 3.05) is 50.5 Å². The van der Waals surface area contributed by atoms with Crippen molar-refractivity contribution in [1.29, 1.82) is 0 Å². The van der Waals surface area contributed by atoms with E-state index >= 15 is 0 Å². The van der Waals surface area contributed by atoms with Crippen LogP contribution in [0.2, 0.25) is 0 Å². The number of carbonyl (C=O) groups excluding carboxylic acids is 1. The van der Waals surface area contributed by atoms with Gasteiger partial charge in [-0.25, -0.2) is 13.4 Å². The highest BCUT2D eigenvalue weighted by atomic mass is 32.2. The number of sulfone groups is 1. The van der Waals surface area contributed by atoms with Gasteiger partial charge in [0.05, 0.1) is 15.1 Å². The number of aromatic nitrogens is 1. The number of benzene rings is 1. The number of ether oxygens (including phenoxy) is 2. The molecular formula is C17H19N3O5S2. The van der Waals surface area contributed by atoms with E-state index < -0.39 is 9.84 Å². The molecular weight excluding hydrogens is 390 g/mol. The van der Waals surface area contributed by atoms with Gasteiger partial charge in [0.25, 0.3) is 5.91 Å². The maximum atomic E-state index is 12.4. The van der Waals surface area contributed by atoms with Crippen LogP contribution in [0.5, 0.6) is 0 Å². The zero-order valence-corrected chi connectivity index (χ0v) is 16.4. The summed E-state index contributed by atoms with van der Waals surface area (Å²) in [5.74, 6) is 0.0967. The molecule has 0 radical (unpaired) electrons. The number of hydrogen-bond donors (Lipinski definition) is 0. The molecule has 0 saturated carbocycles. The van der Waals surface area contributed by atoms with Crippen molar-refractivity contribution in [3.8, 4) is 0 Å². The molecule has 0 bridgehead atoms. The van der Waals surface area contributed by atoms with Gasteiger partial charge in [-0.3, -0.25) is 4.79 Å². The Hall–Kier alpha value is -2.33. The summed E-state index contributed by atoms with van der Waals surface area (Å²) in [6.45, 7) is 3.27. The van der Waals surface area contributed by atoms with Gasteiger partial charge in [-0.05, 0) is 18.2 Å². The summed E-state index contributed by atoms with van der Waals surface area (Å²) in [6, 6.07) is 4.98. The summed E-state index contributed by atoms with van der Waals surface area (Å²) in [5.41, 5.74) is 0.777. The van der Waals surface area contributed by atoms with E-state index in [2.05, 4.69) is 9.88 Å². The molecule has 0 aliphatic carbocycles. The van der Waals surface area contributed by atoms with Crippen LogP contribution in [0.3, 0.4) is 0 Å². The van der Waals surface area contributed by atoms with E-state index in [4.69, 9.17) is 9.47 Å². The number of hydrogen-bond acceptors (Lipinski definition) is 8. The SMILES string of the molecule is CS(=O)(=O)c1ccc2nc(N3CCN(C(=O)C4=COCCO4)CC3)sc2c1. The number of piperazine rings is 1. The van der Waals surface area contributed by atoms with Crippen LogP contribution in [0.1, 0.15) is 0 Å². The number of nitrogens with zero attached hydrogens (tertiary/aromatic N) is 3. The predicted molar refractivity (Wildman–Crippen MR) is 102 cm³/mol. The minimum atomic E-state index is -3.24. The molecule has 144 valence electrons. The molecule has 0 atom stereocenters. The van der Waals surface area contributed by atoms with Crippen LogP contribution >= 0.6 is 11.3 Å². The molecule has 3 heterocycles. The number of thiazole rings is 1. The van der Waals surface area contributed by atoms with Crippen LogP contribution in [-0.4, -0.2) is 69.9 Å². The van der Waals surface area contributed by atoms with Crippen LogP contribution in [0.15, 0.2) is 35.1 Å². The summed E-state index contributed by atoms with van der Waals surface area (Å²) in [4.78, 5) is 21.2. The van der Waals surface area contributed by atoms with Gasteiger partial charge in [0.1, 0.15) is 19.5 Å². The average Bonchev–Trinajstić information content (AvgIpc) is 3.11. The van der Waals surface area contributed by atoms with Gasteiger partial charge < -0.3 is 19.3 Å². The van der Waals surface area contributed by atoms with Crippen molar-refractivity contribution < 1.29 is 22.7 Å². The van der Waals surface area contributed by atoms with Crippen molar-refractivity contribution in [2.45, 2.75) is 4.90 Å². The molecule has 10 heteroatoms. The number of amides is 1. The second-order valence-corrected chi connectivity index (χ2v) is 9.40. The third kappa shape index (κ3) is 3.72. The first-order valence-corrected chi connectivity index (χ1v) is 11.2. The zero-order chi connectivity index (χ0) is 19.0.